The Bertz CT molecular complexity index is 363. The van der Waals surface area contributed by atoms with Crippen molar-refractivity contribution in [1.82, 2.24) is 5.32 Å². The second kappa shape index (κ2) is 5.52. The summed E-state index contributed by atoms with van der Waals surface area (Å²) >= 11 is 0. The van der Waals surface area contributed by atoms with Crippen molar-refractivity contribution < 1.29 is 9.47 Å². The topological polar surface area (TPSA) is 30.5 Å². The van der Waals surface area contributed by atoms with Crippen LogP contribution < -0.4 is 10.1 Å². The van der Waals surface area contributed by atoms with Crippen molar-refractivity contribution in [2.75, 3.05) is 21.3 Å². The molecule has 1 aliphatic rings. The number of hydrogen-bond acceptors (Lipinski definition) is 3. The molecule has 1 aromatic carbocycles. The van der Waals surface area contributed by atoms with E-state index in [0.29, 0.717) is 5.92 Å². The van der Waals surface area contributed by atoms with E-state index in [-0.39, 0.29) is 12.1 Å². The van der Waals surface area contributed by atoms with Crippen LogP contribution in [0, 0.1) is 5.92 Å². The van der Waals surface area contributed by atoms with Crippen molar-refractivity contribution in [2.24, 2.45) is 5.92 Å². The van der Waals surface area contributed by atoms with Crippen molar-refractivity contribution in [3.05, 3.63) is 29.8 Å². The average Bonchev–Trinajstić information content (AvgIpc) is 3.20. The summed E-state index contributed by atoms with van der Waals surface area (Å²) in [5, 5.41) is 3.36. The van der Waals surface area contributed by atoms with Gasteiger partial charge in [0.05, 0.1) is 19.3 Å². The van der Waals surface area contributed by atoms with Crippen LogP contribution in [0.5, 0.6) is 5.75 Å². The number of hydrogen-bond donors (Lipinski definition) is 1. The van der Waals surface area contributed by atoms with Gasteiger partial charge in [-0.2, -0.15) is 0 Å². The molecule has 0 aliphatic heterocycles. The van der Waals surface area contributed by atoms with E-state index in [4.69, 9.17) is 9.47 Å². The number of likely N-dealkylation sites (N-methyl/N-ethyl adjacent to an activating group) is 1. The summed E-state index contributed by atoms with van der Waals surface area (Å²) in [6.45, 7) is 0. The number of nitrogens with one attached hydrogen (secondary N) is 1. The summed E-state index contributed by atoms with van der Waals surface area (Å²) in [5.41, 5.74) is 1.23. The first-order chi connectivity index (χ1) is 8.30. The maximum Gasteiger partial charge on any atom is 0.119 e. The highest BCUT2D eigenvalue weighted by atomic mass is 16.5. The average molecular weight is 235 g/mol. The van der Waals surface area contributed by atoms with E-state index in [1.54, 1.807) is 14.2 Å². The van der Waals surface area contributed by atoms with Gasteiger partial charge in [0.2, 0.25) is 0 Å². The zero-order chi connectivity index (χ0) is 12.3. The van der Waals surface area contributed by atoms with Gasteiger partial charge in [0.15, 0.2) is 0 Å². The smallest absolute Gasteiger partial charge is 0.119 e. The Morgan fingerprint density at radius 2 is 2.06 bits per heavy atom. The van der Waals surface area contributed by atoms with E-state index in [1.807, 2.05) is 19.2 Å². The molecule has 17 heavy (non-hydrogen) atoms. The van der Waals surface area contributed by atoms with Gasteiger partial charge in [-0.3, -0.25) is 0 Å². The number of ether oxygens (including phenoxy) is 2. The van der Waals surface area contributed by atoms with Gasteiger partial charge in [-0.1, -0.05) is 12.1 Å². The molecule has 0 bridgehead atoms. The molecule has 0 amide bonds. The van der Waals surface area contributed by atoms with Gasteiger partial charge in [0.1, 0.15) is 5.75 Å². The van der Waals surface area contributed by atoms with Crippen molar-refractivity contribution in [1.29, 1.82) is 0 Å². The molecule has 3 nitrogen and oxygen atoms in total. The lowest BCUT2D eigenvalue weighted by Crippen LogP contribution is -2.32. The SMILES string of the molecule is CNC(c1cccc(OC)c1)C(OC)C1CC1. The molecule has 1 fully saturated rings. The fraction of sp³-hybridized carbons (Fsp3) is 0.571. The first kappa shape index (κ1) is 12.4. The monoisotopic (exact) mass is 235 g/mol. The Kier molecular flexibility index (Phi) is 4.02. The summed E-state index contributed by atoms with van der Waals surface area (Å²) in [7, 11) is 5.48. The van der Waals surface area contributed by atoms with E-state index < -0.39 is 0 Å². The first-order valence-corrected chi connectivity index (χ1v) is 6.14. The second-order valence-electron chi connectivity index (χ2n) is 4.58. The molecule has 0 saturated heterocycles. The summed E-state index contributed by atoms with van der Waals surface area (Å²) in [6.07, 6.45) is 2.81. The maximum absolute atomic E-state index is 5.65. The lowest BCUT2D eigenvalue weighted by Gasteiger charge is -2.26. The molecule has 94 valence electrons. The van der Waals surface area contributed by atoms with Crippen molar-refractivity contribution in [2.45, 2.75) is 25.0 Å². The van der Waals surface area contributed by atoms with E-state index in [1.165, 1.54) is 18.4 Å². The van der Waals surface area contributed by atoms with Crippen LogP contribution in [-0.2, 0) is 4.74 Å². The molecule has 1 aliphatic carbocycles. The van der Waals surface area contributed by atoms with Gasteiger partial charge < -0.3 is 14.8 Å². The van der Waals surface area contributed by atoms with Gasteiger partial charge in [0.25, 0.3) is 0 Å². The fourth-order valence-electron chi connectivity index (χ4n) is 2.38. The van der Waals surface area contributed by atoms with Gasteiger partial charge >= 0.3 is 0 Å². The molecule has 2 rings (SSSR count). The van der Waals surface area contributed by atoms with Crippen molar-refractivity contribution >= 4 is 0 Å². The Labute approximate surface area is 103 Å². The molecule has 0 aromatic heterocycles. The lowest BCUT2D eigenvalue weighted by molar-refractivity contribution is 0.0530. The molecule has 1 N–H and O–H groups in total. The normalized spacial score (nSPS) is 18.8. The highest BCUT2D eigenvalue weighted by Crippen LogP contribution is 2.40. The molecule has 0 radical (unpaired) electrons. The number of methoxy groups -OCH3 is 2. The molecular weight excluding hydrogens is 214 g/mol. The molecule has 1 saturated carbocycles. The molecule has 2 atom stereocenters. The van der Waals surface area contributed by atoms with Crippen LogP contribution in [0.25, 0.3) is 0 Å². The second-order valence-corrected chi connectivity index (χ2v) is 4.58. The van der Waals surface area contributed by atoms with Gasteiger partial charge in [-0.25, -0.2) is 0 Å². The zero-order valence-corrected chi connectivity index (χ0v) is 10.8. The summed E-state index contributed by atoms with van der Waals surface area (Å²) in [6, 6.07) is 8.43. The summed E-state index contributed by atoms with van der Waals surface area (Å²) in [5.74, 6) is 1.59. The highest BCUT2D eigenvalue weighted by Gasteiger charge is 2.36. The van der Waals surface area contributed by atoms with Gasteiger partial charge in [-0.15, -0.1) is 0 Å². The van der Waals surface area contributed by atoms with Crippen LogP contribution in [0.3, 0.4) is 0 Å². The van der Waals surface area contributed by atoms with Crippen molar-refractivity contribution in [3.8, 4) is 5.75 Å². The largest absolute Gasteiger partial charge is 0.497 e. The van der Waals surface area contributed by atoms with E-state index in [9.17, 15) is 0 Å². The third-order valence-corrected chi connectivity index (χ3v) is 3.45. The van der Waals surface area contributed by atoms with E-state index >= 15 is 0 Å². The fourth-order valence-corrected chi connectivity index (χ4v) is 2.38. The lowest BCUT2D eigenvalue weighted by atomic mass is 9.98. The van der Waals surface area contributed by atoms with Crippen LogP contribution in [0.1, 0.15) is 24.4 Å². The minimum atomic E-state index is 0.239. The zero-order valence-electron chi connectivity index (χ0n) is 10.8. The van der Waals surface area contributed by atoms with Gasteiger partial charge in [-0.05, 0) is 43.5 Å². The molecular formula is C14H21NO2. The van der Waals surface area contributed by atoms with Crippen LogP contribution in [0.2, 0.25) is 0 Å². The third-order valence-electron chi connectivity index (χ3n) is 3.45. The molecule has 3 heteroatoms. The van der Waals surface area contributed by atoms with Crippen LogP contribution in [0.4, 0.5) is 0 Å². The quantitative estimate of drug-likeness (QED) is 0.821. The molecule has 0 heterocycles. The number of benzene rings is 1. The van der Waals surface area contributed by atoms with Crippen LogP contribution in [-0.4, -0.2) is 27.4 Å². The third kappa shape index (κ3) is 2.79. The van der Waals surface area contributed by atoms with Gasteiger partial charge in [0, 0.05) is 7.11 Å². The Hall–Kier alpha value is -1.06. The maximum atomic E-state index is 5.65. The summed E-state index contributed by atoms with van der Waals surface area (Å²) in [4.78, 5) is 0. The predicted molar refractivity (Wildman–Crippen MR) is 68.3 cm³/mol. The Morgan fingerprint density at radius 1 is 1.29 bits per heavy atom. The first-order valence-electron chi connectivity index (χ1n) is 6.14. The molecule has 2 unspecified atom stereocenters. The number of rotatable bonds is 6. The summed E-state index contributed by atoms with van der Waals surface area (Å²) < 4.78 is 10.9. The highest BCUT2D eigenvalue weighted by molar-refractivity contribution is 5.31. The Morgan fingerprint density at radius 3 is 2.59 bits per heavy atom. The minimum Gasteiger partial charge on any atom is -0.497 e. The standard InChI is InChI=1S/C14H21NO2/c1-15-13(14(17-3)10-7-8-10)11-5-4-6-12(9-11)16-2/h4-6,9-10,13-15H,7-8H2,1-3H3. The van der Waals surface area contributed by atoms with Crippen molar-refractivity contribution in [3.63, 3.8) is 0 Å². The minimum absolute atomic E-state index is 0.239. The predicted octanol–water partition coefficient (Wildman–Crippen LogP) is 2.38. The van der Waals surface area contributed by atoms with E-state index in [0.717, 1.165) is 5.75 Å². The Balaban J connectivity index is 2.20. The molecule has 1 aromatic rings. The van der Waals surface area contributed by atoms with Crippen LogP contribution >= 0.6 is 0 Å². The van der Waals surface area contributed by atoms with E-state index in [2.05, 4.69) is 17.4 Å². The molecule has 0 spiro atoms. The van der Waals surface area contributed by atoms with Crippen LogP contribution in [0.15, 0.2) is 24.3 Å².